The Morgan fingerprint density at radius 3 is 2.44 bits per heavy atom. The number of aliphatic carboxylic acids is 1. The fraction of sp³-hybridized carbons (Fsp3) is 0.462. The maximum atomic E-state index is 13.0. The van der Waals surface area contributed by atoms with E-state index in [1.54, 1.807) is 12.1 Å². The van der Waals surface area contributed by atoms with E-state index in [0.717, 1.165) is 0 Å². The van der Waals surface area contributed by atoms with Crippen LogP contribution >= 0.6 is 0 Å². The average Bonchev–Trinajstić information content (AvgIpc) is 3.18. The fourth-order valence-electron chi connectivity index (χ4n) is 2.17. The maximum absolute atomic E-state index is 13.0. The van der Waals surface area contributed by atoms with E-state index in [2.05, 4.69) is 0 Å². The van der Waals surface area contributed by atoms with Gasteiger partial charge in [0.15, 0.2) is 11.5 Å². The quantitative estimate of drug-likeness (QED) is 0.875. The van der Waals surface area contributed by atoms with Crippen LogP contribution in [0, 0.1) is 0 Å². The third-order valence-corrected chi connectivity index (χ3v) is 3.41. The van der Waals surface area contributed by atoms with Gasteiger partial charge in [0, 0.05) is 5.56 Å². The highest BCUT2D eigenvalue weighted by molar-refractivity contribution is 5.85. The zero-order valence-corrected chi connectivity index (χ0v) is 10.3. The number of ether oxygens (including phenoxy) is 2. The Labute approximate surface area is 104 Å². The molecular formula is C13H15FO4. The summed E-state index contributed by atoms with van der Waals surface area (Å²) in [6, 6.07) is 3.18. The van der Waals surface area contributed by atoms with Crippen molar-refractivity contribution in [3.05, 3.63) is 23.3 Å². The van der Waals surface area contributed by atoms with Crippen molar-refractivity contribution < 1.29 is 23.8 Å². The van der Waals surface area contributed by atoms with Gasteiger partial charge in [-0.25, -0.2) is 4.39 Å². The highest BCUT2D eigenvalue weighted by Crippen LogP contribution is 2.50. The largest absolute Gasteiger partial charge is 0.493 e. The van der Waals surface area contributed by atoms with Gasteiger partial charge in [0.05, 0.1) is 19.6 Å². The fourth-order valence-corrected chi connectivity index (χ4v) is 2.17. The lowest BCUT2D eigenvalue weighted by Gasteiger charge is -2.16. The molecule has 98 valence electrons. The van der Waals surface area contributed by atoms with Crippen molar-refractivity contribution in [2.45, 2.75) is 24.9 Å². The van der Waals surface area contributed by atoms with Crippen LogP contribution in [0.25, 0.3) is 0 Å². The van der Waals surface area contributed by atoms with Crippen LogP contribution in [0.2, 0.25) is 0 Å². The first-order valence-electron chi connectivity index (χ1n) is 5.64. The van der Waals surface area contributed by atoms with Crippen LogP contribution in [0.1, 0.15) is 24.0 Å². The molecule has 0 aliphatic heterocycles. The summed E-state index contributed by atoms with van der Waals surface area (Å²) in [5.41, 5.74) is 0.0309. The van der Waals surface area contributed by atoms with Crippen molar-refractivity contribution in [1.29, 1.82) is 0 Å². The molecule has 5 heteroatoms. The van der Waals surface area contributed by atoms with Gasteiger partial charge in [-0.1, -0.05) is 0 Å². The summed E-state index contributed by atoms with van der Waals surface area (Å²) in [5, 5.41) is 9.25. The minimum absolute atomic E-state index is 0.319. The van der Waals surface area contributed by atoms with Crippen LogP contribution < -0.4 is 9.47 Å². The molecule has 1 aromatic rings. The Kier molecular flexibility index (Phi) is 3.15. The number of carbonyl (C=O) groups is 1. The molecule has 1 aliphatic carbocycles. The van der Waals surface area contributed by atoms with Crippen molar-refractivity contribution in [2.75, 3.05) is 14.2 Å². The van der Waals surface area contributed by atoms with Gasteiger partial charge in [0.25, 0.3) is 0 Å². The van der Waals surface area contributed by atoms with Gasteiger partial charge in [-0.2, -0.15) is 0 Å². The average molecular weight is 254 g/mol. The lowest BCUT2D eigenvalue weighted by atomic mass is 9.94. The second-order valence-corrected chi connectivity index (χ2v) is 4.39. The molecule has 1 saturated carbocycles. The number of carboxylic acids is 1. The summed E-state index contributed by atoms with van der Waals surface area (Å²) in [5.74, 6) is -0.181. The van der Waals surface area contributed by atoms with Crippen LogP contribution in [0.3, 0.4) is 0 Å². The molecular weight excluding hydrogens is 239 g/mol. The Balaban J connectivity index is 2.54. The summed E-state index contributed by atoms with van der Waals surface area (Å²) in [4.78, 5) is 11.3. The number of hydrogen-bond donors (Lipinski definition) is 1. The SMILES string of the molecule is COc1cc(C2(C(=O)O)CC2)cc(CF)c1OC. The number of alkyl halides is 1. The number of rotatable bonds is 5. The third-order valence-electron chi connectivity index (χ3n) is 3.41. The van der Waals surface area contributed by atoms with Gasteiger partial charge in [-0.15, -0.1) is 0 Å². The lowest BCUT2D eigenvalue weighted by Crippen LogP contribution is -2.20. The highest BCUT2D eigenvalue weighted by Gasteiger charge is 2.52. The van der Waals surface area contributed by atoms with E-state index in [-0.39, 0.29) is 0 Å². The third kappa shape index (κ3) is 1.79. The molecule has 0 bridgehead atoms. The first kappa shape index (κ1) is 12.7. The Hall–Kier alpha value is -1.78. The van der Waals surface area contributed by atoms with Crippen molar-refractivity contribution in [3.8, 4) is 11.5 Å². The minimum Gasteiger partial charge on any atom is -0.493 e. The summed E-state index contributed by atoms with van der Waals surface area (Å²) in [6.45, 7) is -0.719. The van der Waals surface area contributed by atoms with Crippen LogP contribution in [-0.4, -0.2) is 25.3 Å². The topological polar surface area (TPSA) is 55.8 Å². The summed E-state index contributed by atoms with van der Waals surface area (Å²) < 4.78 is 23.2. The van der Waals surface area contributed by atoms with E-state index in [0.29, 0.717) is 35.5 Å². The highest BCUT2D eigenvalue weighted by atomic mass is 19.1. The first-order chi connectivity index (χ1) is 8.58. The van der Waals surface area contributed by atoms with Gasteiger partial charge >= 0.3 is 5.97 Å². The van der Waals surface area contributed by atoms with E-state index in [4.69, 9.17) is 9.47 Å². The Morgan fingerprint density at radius 1 is 1.39 bits per heavy atom. The van der Waals surface area contributed by atoms with Gasteiger partial charge in [0.2, 0.25) is 0 Å². The molecule has 0 saturated heterocycles. The Morgan fingerprint density at radius 2 is 2.06 bits per heavy atom. The number of hydrogen-bond acceptors (Lipinski definition) is 3. The summed E-state index contributed by atoms with van der Waals surface area (Å²) >= 11 is 0. The zero-order valence-electron chi connectivity index (χ0n) is 10.3. The number of methoxy groups -OCH3 is 2. The standard InChI is InChI=1S/C13H15FO4/c1-17-10-6-9(13(3-4-13)12(15)16)5-8(7-14)11(10)18-2/h5-6H,3-4,7H2,1-2H3,(H,15,16). The molecule has 4 nitrogen and oxygen atoms in total. The van der Waals surface area contributed by atoms with Gasteiger partial charge < -0.3 is 14.6 Å². The molecule has 0 radical (unpaired) electrons. The second-order valence-electron chi connectivity index (χ2n) is 4.39. The monoisotopic (exact) mass is 254 g/mol. The Bertz CT molecular complexity index is 455. The van der Waals surface area contributed by atoms with E-state index in [1.165, 1.54) is 14.2 Å². The van der Waals surface area contributed by atoms with Crippen LogP contribution in [-0.2, 0) is 16.9 Å². The lowest BCUT2D eigenvalue weighted by molar-refractivity contribution is -0.140. The molecule has 0 spiro atoms. The van der Waals surface area contributed by atoms with E-state index in [9.17, 15) is 14.3 Å². The summed E-state index contributed by atoms with van der Waals surface area (Å²) in [6.07, 6.45) is 1.15. The smallest absolute Gasteiger partial charge is 0.314 e. The molecule has 0 heterocycles. The molecule has 0 atom stereocenters. The van der Waals surface area contributed by atoms with Gasteiger partial charge in [0.1, 0.15) is 6.67 Å². The number of carboxylic acid groups (broad SMARTS) is 1. The first-order valence-corrected chi connectivity index (χ1v) is 5.64. The molecule has 1 aliphatic rings. The normalized spacial score (nSPS) is 16.2. The molecule has 0 aromatic heterocycles. The second kappa shape index (κ2) is 4.48. The number of benzene rings is 1. The minimum atomic E-state index is -0.875. The molecule has 1 fully saturated rings. The van der Waals surface area contributed by atoms with Crippen molar-refractivity contribution in [3.63, 3.8) is 0 Å². The molecule has 1 N–H and O–H groups in total. The molecule has 0 amide bonds. The van der Waals surface area contributed by atoms with Crippen LogP contribution in [0.15, 0.2) is 12.1 Å². The summed E-state index contributed by atoms with van der Waals surface area (Å²) in [7, 11) is 2.88. The van der Waals surface area contributed by atoms with Crippen LogP contribution in [0.5, 0.6) is 11.5 Å². The van der Waals surface area contributed by atoms with E-state index in [1.807, 2.05) is 0 Å². The molecule has 2 rings (SSSR count). The molecule has 1 aromatic carbocycles. The zero-order chi connectivity index (χ0) is 13.3. The van der Waals surface area contributed by atoms with Gasteiger partial charge in [-0.05, 0) is 30.5 Å². The van der Waals surface area contributed by atoms with E-state index < -0.39 is 18.1 Å². The van der Waals surface area contributed by atoms with E-state index >= 15 is 0 Å². The predicted octanol–water partition coefficient (Wildman–Crippen LogP) is 2.29. The van der Waals surface area contributed by atoms with Crippen LogP contribution in [0.4, 0.5) is 4.39 Å². The van der Waals surface area contributed by atoms with Crippen molar-refractivity contribution >= 4 is 5.97 Å². The predicted molar refractivity (Wildman–Crippen MR) is 62.9 cm³/mol. The number of halogens is 1. The molecule has 0 unspecified atom stereocenters. The maximum Gasteiger partial charge on any atom is 0.314 e. The van der Waals surface area contributed by atoms with Crippen molar-refractivity contribution in [2.24, 2.45) is 0 Å². The van der Waals surface area contributed by atoms with Crippen molar-refractivity contribution in [1.82, 2.24) is 0 Å². The molecule has 18 heavy (non-hydrogen) atoms. The van der Waals surface area contributed by atoms with Gasteiger partial charge in [-0.3, -0.25) is 4.79 Å².